The molecule has 12 atom stereocenters. The summed E-state index contributed by atoms with van der Waals surface area (Å²) in [6.07, 6.45) is 5.74. The lowest BCUT2D eigenvalue weighted by molar-refractivity contribution is -0.165. The number of morpholine rings is 1. The minimum Gasteiger partial charge on any atom is -0.383 e. The Balaban J connectivity index is 0.000000816. The fourth-order valence-electron chi connectivity index (χ4n) is 7.08. The SMILES string of the molecule is [B]C1CC(C)C(CNC(=O)CC)O1.[B]C1CC(C)C(COCSC)O1.[B]C1CC(C)C(CON(C)CC)O1.[B]C1CN(P(=O)(OCC)N(C)C)CC(C)O1.[B]CC(=O)N(CC)CCNC(C)=O. The Morgan fingerprint density at radius 1 is 0.776 bits per heavy atom. The van der Waals surface area contributed by atoms with Crippen molar-refractivity contribution in [2.75, 3.05) is 99.0 Å². The number of nitrogens with zero attached hydrogens (tertiary/aromatic N) is 4. The summed E-state index contributed by atoms with van der Waals surface area (Å²) in [5.41, 5.74) is 0. The first-order valence-electron chi connectivity index (χ1n) is 23.7. The maximum Gasteiger partial charge on any atom is 0.345 e. The van der Waals surface area contributed by atoms with Crippen molar-refractivity contribution in [3.05, 3.63) is 0 Å². The van der Waals surface area contributed by atoms with Gasteiger partial charge in [-0.05, 0) is 84.5 Å². The van der Waals surface area contributed by atoms with Crippen molar-refractivity contribution >= 4 is 76.4 Å². The summed E-state index contributed by atoms with van der Waals surface area (Å²) < 4.78 is 48.7. The highest BCUT2D eigenvalue weighted by Crippen LogP contribution is 2.53. The molecule has 3 amide bonds. The highest BCUT2D eigenvalue weighted by atomic mass is 32.2. The summed E-state index contributed by atoms with van der Waals surface area (Å²) in [7, 11) is 30.4. The largest absolute Gasteiger partial charge is 0.383 e. The van der Waals surface area contributed by atoms with E-state index >= 15 is 0 Å². The molecule has 2 N–H and O–H groups in total. The molecule has 0 bridgehead atoms. The number of hydrogen-bond acceptors (Lipinski definition) is 13. The number of carbonyl (C=O) groups excluding carboxylic acids is 3. The Morgan fingerprint density at radius 3 is 1.72 bits per heavy atom. The van der Waals surface area contributed by atoms with Gasteiger partial charge < -0.3 is 43.7 Å². The quantitative estimate of drug-likeness (QED) is 0.0600. The zero-order valence-corrected chi connectivity index (χ0v) is 44.9. The molecule has 4 fully saturated rings. The van der Waals surface area contributed by atoms with Crippen LogP contribution in [0.3, 0.4) is 0 Å². The average Bonchev–Trinajstić information content (AvgIpc) is 3.91. The van der Waals surface area contributed by atoms with E-state index in [1.165, 1.54) is 6.92 Å². The molecule has 4 rings (SSSR count). The summed E-state index contributed by atoms with van der Waals surface area (Å²) in [4.78, 5) is 39.6. The van der Waals surface area contributed by atoms with Crippen LogP contribution in [0.2, 0.25) is 6.32 Å². The molecule has 0 aromatic heterocycles. The number of rotatable bonds is 20. The molecule has 0 aliphatic carbocycles. The number of nitrogens with one attached hydrogen (secondary N) is 2. The van der Waals surface area contributed by atoms with Crippen molar-refractivity contribution in [1.29, 1.82) is 0 Å². The van der Waals surface area contributed by atoms with Crippen molar-refractivity contribution in [3.8, 4) is 0 Å². The lowest BCUT2D eigenvalue weighted by Gasteiger charge is -2.41. The summed E-state index contributed by atoms with van der Waals surface area (Å²) in [5, 5.41) is 7.23. The third-order valence-electron chi connectivity index (χ3n) is 11.1. The number of hydroxylamine groups is 2. The van der Waals surface area contributed by atoms with E-state index in [-0.39, 0.29) is 66.5 Å². The molecule has 4 saturated heterocycles. The van der Waals surface area contributed by atoms with Gasteiger partial charge in [0.25, 0.3) is 0 Å². The van der Waals surface area contributed by atoms with Crippen LogP contribution < -0.4 is 10.6 Å². The molecule has 17 nitrogen and oxygen atoms in total. The predicted octanol–water partition coefficient (Wildman–Crippen LogP) is 2.93. The molecule has 0 aromatic carbocycles. The Labute approximate surface area is 416 Å². The second-order valence-electron chi connectivity index (χ2n) is 17.2. The molecule has 24 heteroatoms. The van der Waals surface area contributed by atoms with Crippen molar-refractivity contribution in [2.24, 2.45) is 17.8 Å². The molecule has 4 aliphatic rings. The first-order valence-corrected chi connectivity index (χ1v) is 26.7. The van der Waals surface area contributed by atoms with Crippen molar-refractivity contribution in [3.63, 3.8) is 0 Å². The zero-order chi connectivity index (χ0) is 51.3. The van der Waals surface area contributed by atoms with Gasteiger partial charge in [0.1, 0.15) is 31.4 Å². The van der Waals surface area contributed by atoms with Crippen LogP contribution in [-0.4, -0.2) is 224 Å². The van der Waals surface area contributed by atoms with Gasteiger partial charge >= 0.3 is 7.67 Å². The van der Waals surface area contributed by atoms with Crippen molar-refractivity contribution < 1.29 is 52.0 Å². The molecule has 0 spiro atoms. The Bertz CT molecular complexity index is 1390. The monoisotopic (exact) mass is 979 g/mol. The predicted molar refractivity (Wildman–Crippen MR) is 273 cm³/mol. The number of hydrogen-bond donors (Lipinski definition) is 2. The molecule has 0 aromatic rings. The standard InChI is InChI=1S/C9H20BN2O3P.C9H18BNO2.C9H16BNO2.C8H15BN2O2.C8H15BO2S/c1-5-14-16(13,11(3)4)12-6-8(2)15-9(10)7-12;1-4-11(3)12-6-8-7(2)5-9(10)13-8;1-3-9(12)11-5-7-6(2)4-8(10)13-7;1-3-11(8(13)6-9)5-4-10-7(2)12;1-6-3-8(9)11-7(6)4-10-5-12-2/h8-9H,5-7H2,1-4H3;7-9H,4-6H2,1-3H3;6-8H,3-5H2,1-2H3,(H,11,12);3-6H2,1-2H3,(H,10,12);6-8H,3-5H2,1-2H3. The topological polar surface area (TPSA) is 170 Å². The fourth-order valence-corrected chi connectivity index (χ4v) is 9.38. The van der Waals surface area contributed by atoms with Crippen LogP contribution in [0, 0.1) is 17.8 Å². The number of ether oxygens (including phenoxy) is 5. The molecular formula is C43H84B5N6O11PS. The maximum absolute atomic E-state index is 12.7. The average molecular weight is 978 g/mol. The molecular weight excluding hydrogens is 894 g/mol. The smallest absolute Gasteiger partial charge is 0.345 e. The zero-order valence-electron chi connectivity index (χ0n) is 43.2. The van der Waals surface area contributed by atoms with Crippen LogP contribution >= 0.6 is 19.4 Å². The minimum absolute atomic E-state index is 0.0217. The van der Waals surface area contributed by atoms with E-state index in [1.807, 2.05) is 47.9 Å². The van der Waals surface area contributed by atoms with E-state index in [4.69, 9.17) is 72.3 Å². The molecule has 4 aliphatic heterocycles. The van der Waals surface area contributed by atoms with Gasteiger partial charge in [-0.1, -0.05) is 34.6 Å². The second-order valence-corrected chi connectivity index (χ2v) is 20.6. The van der Waals surface area contributed by atoms with E-state index < -0.39 is 13.7 Å². The number of amides is 3. The lowest BCUT2D eigenvalue weighted by atomic mass is 9.92. The molecule has 10 radical (unpaired) electrons. The van der Waals surface area contributed by atoms with Crippen LogP contribution in [-0.2, 0) is 52.0 Å². The summed E-state index contributed by atoms with van der Waals surface area (Å²) in [6.45, 7) is 23.1. The molecule has 12 unspecified atom stereocenters. The maximum atomic E-state index is 12.7. The van der Waals surface area contributed by atoms with E-state index in [2.05, 4.69) is 31.4 Å². The Hall–Kier alpha value is -1.09. The van der Waals surface area contributed by atoms with E-state index in [0.29, 0.717) is 83.3 Å². The number of carbonyl (C=O) groups is 3. The van der Waals surface area contributed by atoms with Crippen LogP contribution in [0.25, 0.3) is 0 Å². The van der Waals surface area contributed by atoms with Gasteiger partial charge in [-0.25, -0.2) is 9.34 Å². The Kier molecular flexibility index (Phi) is 36.2. The normalized spacial score (nSPS) is 28.9. The summed E-state index contributed by atoms with van der Waals surface area (Å²) in [5.74, 6) is 2.09. The van der Waals surface area contributed by atoms with Crippen molar-refractivity contribution in [2.45, 2.75) is 143 Å². The van der Waals surface area contributed by atoms with Crippen LogP contribution in [0.4, 0.5) is 0 Å². The summed E-state index contributed by atoms with van der Waals surface area (Å²) >= 11 is 1.68. The van der Waals surface area contributed by atoms with Crippen LogP contribution in [0.1, 0.15) is 88.0 Å². The molecule has 67 heavy (non-hydrogen) atoms. The molecule has 4 heterocycles. The van der Waals surface area contributed by atoms with Crippen LogP contribution in [0.5, 0.6) is 0 Å². The van der Waals surface area contributed by atoms with E-state index in [9.17, 15) is 18.9 Å². The number of likely N-dealkylation sites (N-methyl/N-ethyl adjacent to an activating group) is 1. The lowest BCUT2D eigenvalue weighted by Crippen LogP contribution is -2.47. The Morgan fingerprint density at radius 2 is 1.31 bits per heavy atom. The third-order valence-corrected chi connectivity index (χ3v) is 14.1. The van der Waals surface area contributed by atoms with Gasteiger partial charge in [-0.3, -0.25) is 23.8 Å². The minimum atomic E-state index is -2.93. The first-order chi connectivity index (χ1) is 31.5. The van der Waals surface area contributed by atoms with Gasteiger partial charge in [-0.2, -0.15) is 5.06 Å². The van der Waals surface area contributed by atoms with Crippen molar-refractivity contribution in [1.82, 2.24) is 29.9 Å². The van der Waals surface area contributed by atoms with Gasteiger partial charge in [-0.15, -0.1) is 11.8 Å². The highest BCUT2D eigenvalue weighted by molar-refractivity contribution is 7.98. The number of thioether (sulfide) groups is 1. The van der Waals surface area contributed by atoms with Gasteiger partial charge in [0.15, 0.2) is 0 Å². The van der Waals surface area contributed by atoms with E-state index in [1.54, 1.807) is 45.2 Å². The molecule has 0 saturated carbocycles. The van der Waals surface area contributed by atoms with Gasteiger partial charge in [0.05, 0.1) is 58.0 Å². The van der Waals surface area contributed by atoms with Gasteiger partial charge in [0, 0.05) is 90.2 Å². The fraction of sp³-hybridized carbons (Fsp3) is 0.930. The third kappa shape index (κ3) is 27.9. The summed E-state index contributed by atoms with van der Waals surface area (Å²) in [6, 6.07) is -0.741. The highest BCUT2D eigenvalue weighted by Gasteiger charge is 2.39. The van der Waals surface area contributed by atoms with Gasteiger partial charge in [0.2, 0.25) is 17.7 Å². The molecule has 378 valence electrons. The van der Waals surface area contributed by atoms with Crippen LogP contribution in [0.15, 0.2) is 0 Å². The van der Waals surface area contributed by atoms with E-state index in [0.717, 1.165) is 31.7 Å². The first kappa shape index (κ1) is 65.9. The second kappa shape index (κ2) is 36.8.